The lowest BCUT2D eigenvalue weighted by Crippen LogP contribution is -2.35. The highest BCUT2D eigenvalue weighted by atomic mass is 35.5. The summed E-state index contributed by atoms with van der Waals surface area (Å²) in [4.78, 5) is 19.4. The minimum absolute atomic E-state index is 0. The number of nitrogens with zero attached hydrogens (tertiary/aromatic N) is 3. The molecule has 0 spiro atoms. The first-order valence-corrected chi connectivity index (χ1v) is 12.4. The van der Waals surface area contributed by atoms with E-state index in [0.29, 0.717) is 12.2 Å². The summed E-state index contributed by atoms with van der Waals surface area (Å²) in [5.74, 6) is 1.62. The maximum absolute atomic E-state index is 12.8. The van der Waals surface area contributed by atoms with Gasteiger partial charge >= 0.3 is 0 Å². The predicted octanol–water partition coefficient (Wildman–Crippen LogP) is 4.46. The first kappa shape index (κ1) is 28.8. The van der Waals surface area contributed by atoms with Gasteiger partial charge < -0.3 is 24.2 Å². The monoisotopic (exact) mass is 503 g/mol. The van der Waals surface area contributed by atoms with E-state index in [-0.39, 0.29) is 18.3 Å². The average Bonchev–Trinajstić information content (AvgIpc) is 2.99. The van der Waals surface area contributed by atoms with Gasteiger partial charge in [-0.2, -0.15) is 0 Å². The number of ether oxygens (including phenoxy) is 2. The molecule has 0 N–H and O–H groups in total. The molecule has 0 saturated carbocycles. The minimum Gasteiger partial charge on any atom is -0.493 e. The standard InChI is InChI=1S/C28H41N3O3.ClH/c1-29(2)25-12-10-22(11-13-25)9-6-7-15-30(3)16-8-17-31-18-14-23-19-26(33-4)27(34-5)20-24(23)21-28(31)32;/h10-13,19-20H,6-9,14-18,21H2,1-5H3;1H. The molecule has 1 amide bonds. The Morgan fingerprint density at radius 1 is 0.886 bits per heavy atom. The van der Waals surface area contributed by atoms with Crippen molar-refractivity contribution in [3.8, 4) is 11.5 Å². The van der Waals surface area contributed by atoms with Crippen molar-refractivity contribution in [2.75, 3.05) is 66.4 Å². The van der Waals surface area contributed by atoms with Crippen LogP contribution in [0.25, 0.3) is 0 Å². The van der Waals surface area contributed by atoms with Crippen molar-refractivity contribution in [1.29, 1.82) is 0 Å². The number of aryl methyl sites for hydroxylation is 1. The van der Waals surface area contributed by atoms with E-state index >= 15 is 0 Å². The molecule has 2 aromatic rings. The Hall–Kier alpha value is -2.44. The van der Waals surface area contributed by atoms with E-state index in [1.807, 2.05) is 17.0 Å². The van der Waals surface area contributed by atoms with E-state index in [1.54, 1.807) is 14.2 Å². The van der Waals surface area contributed by atoms with Gasteiger partial charge in [-0.1, -0.05) is 12.1 Å². The summed E-state index contributed by atoms with van der Waals surface area (Å²) in [5.41, 5.74) is 4.89. The number of anilines is 1. The van der Waals surface area contributed by atoms with E-state index in [1.165, 1.54) is 29.7 Å². The minimum atomic E-state index is 0. The molecule has 0 fully saturated rings. The molecule has 0 aromatic heterocycles. The fraction of sp³-hybridized carbons (Fsp3) is 0.536. The number of benzene rings is 2. The molecule has 0 unspecified atom stereocenters. The van der Waals surface area contributed by atoms with Crippen LogP contribution in [-0.4, -0.2) is 77.2 Å². The Bertz CT molecular complexity index is 934. The van der Waals surface area contributed by atoms with Crippen LogP contribution in [0.5, 0.6) is 11.5 Å². The van der Waals surface area contributed by atoms with E-state index in [2.05, 4.69) is 55.2 Å². The second-order valence-corrected chi connectivity index (χ2v) is 9.46. The van der Waals surface area contributed by atoms with Gasteiger partial charge in [0.2, 0.25) is 5.91 Å². The molecule has 35 heavy (non-hydrogen) atoms. The molecule has 194 valence electrons. The Morgan fingerprint density at radius 2 is 1.51 bits per heavy atom. The maximum Gasteiger partial charge on any atom is 0.227 e. The number of unbranched alkanes of at least 4 members (excludes halogenated alkanes) is 1. The van der Waals surface area contributed by atoms with Crippen LogP contribution in [0, 0.1) is 0 Å². The SMILES string of the molecule is COc1cc2c(cc1OC)CC(=O)N(CCCN(C)CCCCc1ccc(N(C)C)cc1)CC2.Cl. The maximum atomic E-state index is 12.8. The zero-order valence-electron chi connectivity index (χ0n) is 22.0. The van der Waals surface area contributed by atoms with Crippen LogP contribution in [-0.2, 0) is 24.1 Å². The molecule has 0 radical (unpaired) electrons. The number of hydrogen-bond acceptors (Lipinski definition) is 5. The molecule has 0 atom stereocenters. The fourth-order valence-electron chi connectivity index (χ4n) is 4.57. The Kier molecular flexibility index (Phi) is 11.7. The van der Waals surface area contributed by atoms with Gasteiger partial charge in [-0.05, 0) is 93.2 Å². The highest BCUT2D eigenvalue weighted by molar-refractivity contribution is 5.85. The molecule has 1 heterocycles. The highest BCUT2D eigenvalue weighted by Crippen LogP contribution is 2.32. The van der Waals surface area contributed by atoms with Crippen LogP contribution in [0.15, 0.2) is 36.4 Å². The van der Waals surface area contributed by atoms with Crippen molar-refractivity contribution in [3.05, 3.63) is 53.1 Å². The van der Waals surface area contributed by atoms with E-state index < -0.39 is 0 Å². The second kappa shape index (κ2) is 14.2. The molecule has 0 saturated heterocycles. The smallest absolute Gasteiger partial charge is 0.227 e. The van der Waals surface area contributed by atoms with Gasteiger partial charge in [0, 0.05) is 32.9 Å². The summed E-state index contributed by atoms with van der Waals surface area (Å²) in [7, 11) is 9.61. The van der Waals surface area contributed by atoms with Crippen molar-refractivity contribution in [3.63, 3.8) is 0 Å². The summed E-state index contributed by atoms with van der Waals surface area (Å²) in [6.07, 6.45) is 5.79. The average molecular weight is 504 g/mol. The number of fused-ring (bicyclic) bond motifs is 1. The second-order valence-electron chi connectivity index (χ2n) is 9.46. The molecule has 1 aliphatic heterocycles. The summed E-state index contributed by atoms with van der Waals surface area (Å²) < 4.78 is 10.9. The first-order chi connectivity index (χ1) is 16.4. The molecule has 1 aliphatic rings. The van der Waals surface area contributed by atoms with Crippen LogP contribution in [0.3, 0.4) is 0 Å². The number of methoxy groups -OCH3 is 2. The number of hydrogen-bond donors (Lipinski definition) is 0. The summed E-state index contributed by atoms with van der Waals surface area (Å²) in [5, 5.41) is 0. The van der Waals surface area contributed by atoms with Crippen LogP contribution in [0.1, 0.15) is 36.0 Å². The molecular weight excluding hydrogens is 462 g/mol. The zero-order chi connectivity index (χ0) is 24.5. The molecule has 2 aromatic carbocycles. The lowest BCUT2D eigenvalue weighted by Gasteiger charge is -2.22. The van der Waals surface area contributed by atoms with Crippen molar-refractivity contribution in [2.45, 2.75) is 38.5 Å². The third-order valence-electron chi connectivity index (χ3n) is 6.73. The van der Waals surface area contributed by atoms with E-state index in [9.17, 15) is 4.79 Å². The fourth-order valence-corrected chi connectivity index (χ4v) is 4.57. The van der Waals surface area contributed by atoms with Gasteiger partial charge in [-0.25, -0.2) is 0 Å². The normalized spacial score (nSPS) is 13.2. The number of carbonyl (C=O) groups excluding carboxylic acids is 1. The Morgan fingerprint density at radius 3 is 2.14 bits per heavy atom. The molecule has 0 bridgehead atoms. The van der Waals surface area contributed by atoms with Gasteiger partial charge in [0.25, 0.3) is 0 Å². The van der Waals surface area contributed by atoms with Gasteiger partial charge in [-0.3, -0.25) is 4.79 Å². The van der Waals surface area contributed by atoms with Gasteiger partial charge in [0.05, 0.1) is 20.6 Å². The van der Waals surface area contributed by atoms with Gasteiger partial charge in [0.1, 0.15) is 0 Å². The lowest BCUT2D eigenvalue weighted by molar-refractivity contribution is -0.130. The first-order valence-electron chi connectivity index (χ1n) is 12.4. The van der Waals surface area contributed by atoms with Gasteiger partial charge in [-0.15, -0.1) is 12.4 Å². The van der Waals surface area contributed by atoms with Crippen LogP contribution < -0.4 is 14.4 Å². The van der Waals surface area contributed by atoms with Crippen LogP contribution >= 0.6 is 12.4 Å². The molecular formula is C28H42ClN3O3. The zero-order valence-corrected chi connectivity index (χ0v) is 22.8. The molecule has 0 aliphatic carbocycles. The lowest BCUT2D eigenvalue weighted by atomic mass is 10.0. The number of amides is 1. The van der Waals surface area contributed by atoms with Crippen molar-refractivity contribution < 1.29 is 14.3 Å². The molecule has 6 nitrogen and oxygen atoms in total. The summed E-state index contributed by atoms with van der Waals surface area (Å²) >= 11 is 0. The highest BCUT2D eigenvalue weighted by Gasteiger charge is 2.22. The molecule has 7 heteroatoms. The summed E-state index contributed by atoms with van der Waals surface area (Å²) in [6, 6.07) is 12.8. The van der Waals surface area contributed by atoms with Crippen LogP contribution in [0.4, 0.5) is 5.69 Å². The van der Waals surface area contributed by atoms with Crippen molar-refractivity contribution >= 4 is 24.0 Å². The Labute approximate surface area is 217 Å². The number of rotatable bonds is 12. The van der Waals surface area contributed by atoms with Gasteiger partial charge in [0.15, 0.2) is 11.5 Å². The summed E-state index contributed by atoms with van der Waals surface area (Å²) in [6.45, 7) is 3.67. The predicted molar refractivity (Wildman–Crippen MR) is 147 cm³/mol. The van der Waals surface area contributed by atoms with E-state index in [4.69, 9.17) is 9.47 Å². The largest absolute Gasteiger partial charge is 0.493 e. The number of halogens is 1. The van der Waals surface area contributed by atoms with E-state index in [0.717, 1.165) is 56.8 Å². The van der Waals surface area contributed by atoms with Crippen LogP contribution in [0.2, 0.25) is 0 Å². The third-order valence-corrected chi connectivity index (χ3v) is 6.73. The van der Waals surface area contributed by atoms with Crippen molar-refractivity contribution in [2.24, 2.45) is 0 Å². The third kappa shape index (κ3) is 8.32. The topological polar surface area (TPSA) is 45.3 Å². The quantitative estimate of drug-likeness (QED) is 0.400. The molecule has 3 rings (SSSR count). The van der Waals surface area contributed by atoms with Crippen molar-refractivity contribution in [1.82, 2.24) is 9.80 Å². The number of carbonyl (C=O) groups is 1. The Balaban J connectivity index is 0.00000432.